The molecule has 0 aliphatic carbocycles. The lowest BCUT2D eigenvalue weighted by Gasteiger charge is -2.51. The molecule has 0 aromatic carbocycles. The largest absolute Gasteiger partial charge is 0.394 e. The third-order valence-corrected chi connectivity index (χ3v) is 13.8. The summed E-state index contributed by atoms with van der Waals surface area (Å²) in [5, 5.41) is 188. The van der Waals surface area contributed by atoms with Crippen molar-refractivity contribution in [2.24, 2.45) is 5.73 Å². The molecule has 16 aliphatic heterocycles. The number of hydrogen-bond donors (Lipinski definition) is 18. The van der Waals surface area contributed by atoms with Crippen LogP contribution in [0.1, 0.15) is 19.3 Å². The minimum atomic E-state index is -2.15. The zero-order chi connectivity index (χ0) is 52.3. The SMILES string of the molecule is NCCCCCO[C@H]1[C@H]2O[C@H]3[C@H](O)[C@@H](O)[C@@H](O[C@H]4[C@H](O)[C@@H](O)[C@@H](O[C@H]5[C@H](O)[C@@H](O)[C@@H](O[C@H]6[C@H](O)[C@@H](O)[C@@H](O[C@H]7[C@H](O)[C@@H](O)[C@@H](O[C@@H]([C@@H]1O)[C@@H](CO)O2)O[C@@H]7CO)O[C@@H]6CO)O[C@@H]5CO)O[C@@H]4CO)O[C@@H]3CO. The summed E-state index contributed by atoms with van der Waals surface area (Å²) < 4.78 is 75.6. The van der Waals surface area contributed by atoms with Crippen LogP contribution in [0.2, 0.25) is 0 Å². The summed E-state index contributed by atoms with van der Waals surface area (Å²) in [7, 11) is 0. The molecule has 0 aromatic heterocycles. The predicted octanol–water partition coefficient (Wildman–Crippen LogP) is -11.9. The second-order valence-electron chi connectivity index (χ2n) is 18.5. The Morgan fingerprint density at radius 2 is 0.514 bits per heavy atom. The molecule has 420 valence electrons. The fourth-order valence-corrected chi connectivity index (χ4v) is 9.73. The van der Waals surface area contributed by atoms with Crippen molar-refractivity contribution >= 4 is 0 Å². The topological polar surface area (TPSA) is 490 Å². The van der Waals surface area contributed by atoms with Crippen molar-refractivity contribution in [2.75, 3.05) is 52.8 Å². The number of hydrogen-bond acceptors (Lipinski definition) is 31. The van der Waals surface area contributed by atoms with E-state index in [9.17, 15) is 86.8 Å². The van der Waals surface area contributed by atoms with Crippen LogP contribution in [0.5, 0.6) is 0 Å². The third kappa shape index (κ3) is 12.1. The second-order valence-corrected chi connectivity index (χ2v) is 18.5. The summed E-state index contributed by atoms with van der Waals surface area (Å²) in [4.78, 5) is 0. The van der Waals surface area contributed by atoms with Crippen LogP contribution in [0.15, 0.2) is 0 Å². The van der Waals surface area contributed by atoms with Crippen LogP contribution in [-0.2, 0) is 61.6 Å². The number of rotatable bonds is 12. The number of aliphatic hydroxyl groups is 17. The number of ether oxygens (including phenoxy) is 13. The first-order chi connectivity index (χ1) is 34.5. The summed E-state index contributed by atoms with van der Waals surface area (Å²) in [6.45, 7) is -5.59. The first-order valence-corrected chi connectivity index (χ1v) is 23.8. The summed E-state index contributed by atoms with van der Waals surface area (Å²) in [5.41, 5.74) is 5.63. The maximum absolute atomic E-state index is 11.9. The molecule has 72 heavy (non-hydrogen) atoms. The van der Waals surface area contributed by atoms with Gasteiger partial charge in [-0.05, 0) is 25.8 Å². The summed E-state index contributed by atoms with van der Waals surface area (Å²) >= 11 is 0. The van der Waals surface area contributed by atoms with E-state index in [0.29, 0.717) is 25.8 Å². The molecule has 16 aliphatic rings. The highest BCUT2D eigenvalue weighted by molar-refractivity contribution is 5.01. The van der Waals surface area contributed by atoms with E-state index < -0.39 is 224 Å². The molecule has 16 saturated heterocycles. The highest BCUT2D eigenvalue weighted by atomic mass is 16.8. The second kappa shape index (κ2) is 25.9. The van der Waals surface area contributed by atoms with Crippen molar-refractivity contribution in [3.05, 3.63) is 0 Å². The molecule has 0 unspecified atom stereocenters. The van der Waals surface area contributed by atoms with Gasteiger partial charge in [-0.2, -0.15) is 0 Å². The van der Waals surface area contributed by atoms with Gasteiger partial charge >= 0.3 is 0 Å². The van der Waals surface area contributed by atoms with E-state index in [1.807, 2.05) is 0 Å². The molecule has 12 bridgehead atoms. The monoisotopic (exact) mass is 1060 g/mol. The Morgan fingerprint density at radius 3 is 0.764 bits per heavy atom. The van der Waals surface area contributed by atoms with Gasteiger partial charge in [0.05, 0.1) is 39.6 Å². The lowest BCUT2D eigenvalue weighted by Crippen LogP contribution is -2.69. The van der Waals surface area contributed by atoms with Gasteiger partial charge in [0.15, 0.2) is 37.7 Å². The Bertz CT molecular complexity index is 1630. The molecule has 0 aromatic rings. The molecular formula is C41H71NO30. The van der Waals surface area contributed by atoms with Gasteiger partial charge in [0.2, 0.25) is 0 Å². The minimum Gasteiger partial charge on any atom is -0.394 e. The van der Waals surface area contributed by atoms with Crippen LogP contribution in [0.3, 0.4) is 0 Å². The third-order valence-electron chi connectivity index (χ3n) is 13.8. The molecular weight excluding hydrogens is 986 g/mol. The molecule has 16 rings (SSSR count). The average molecular weight is 1060 g/mol. The molecule has 30 atom stereocenters. The summed E-state index contributed by atoms with van der Waals surface area (Å²) in [6.07, 6.45) is -55.4. The van der Waals surface area contributed by atoms with Crippen molar-refractivity contribution in [2.45, 2.75) is 203 Å². The van der Waals surface area contributed by atoms with Crippen molar-refractivity contribution in [3.8, 4) is 0 Å². The highest BCUT2D eigenvalue weighted by Crippen LogP contribution is 2.38. The molecule has 0 amide bonds. The van der Waals surface area contributed by atoms with Crippen LogP contribution in [-0.4, -0.2) is 324 Å². The maximum atomic E-state index is 11.9. The van der Waals surface area contributed by atoms with E-state index in [1.54, 1.807) is 0 Å². The molecule has 0 spiro atoms. The smallest absolute Gasteiger partial charge is 0.187 e. The molecule has 0 radical (unpaired) electrons. The van der Waals surface area contributed by atoms with Gasteiger partial charge in [-0.15, -0.1) is 0 Å². The Kier molecular flexibility index (Phi) is 21.1. The summed E-state index contributed by atoms with van der Waals surface area (Å²) in [6, 6.07) is 0. The Morgan fingerprint density at radius 1 is 0.278 bits per heavy atom. The van der Waals surface area contributed by atoms with E-state index in [4.69, 9.17) is 67.3 Å². The van der Waals surface area contributed by atoms with E-state index >= 15 is 0 Å². The van der Waals surface area contributed by atoms with Crippen molar-refractivity contribution in [1.82, 2.24) is 0 Å². The van der Waals surface area contributed by atoms with Gasteiger partial charge < -0.3 is 154 Å². The lowest BCUT2D eigenvalue weighted by molar-refractivity contribution is -0.405. The highest BCUT2D eigenvalue weighted by Gasteiger charge is 2.59. The Hall–Kier alpha value is -1.24. The zero-order valence-corrected chi connectivity index (χ0v) is 38.6. The van der Waals surface area contributed by atoms with Crippen LogP contribution in [0.4, 0.5) is 0 Å². The quantitative estimate of drug-likeness (QED) is 0.0807. The Balaban J connectivity index is 1.21. The van der Waals surface area contributed by atoms with Crippen molar-refractivity contribution in [3.63, 3.8) is 0 Å². The first-order valence-electron chi connectivity index (χ1n) is 23.8. The van der Waals surface area contributed by atoms with Gasteiger partial charge in [-0.3, -0.25) is 0 Å². The molecule has 19 N–H and O–H groups in total. The average Bonchev–Trinajstić information content (AvgIpc) is 3.37. The van der Waals surface area contributed by atoms with E-state index in [-0.39, 0.29) is 6.61 Å². The minimum absolute atomic E-state index is 0.0804. The molecule has 16 fully saturated rings. The van der Waals surface area contributed by atoms with Gasteiger partial charge in [-0.1, -0.05) is 0 Å². The molecule has 0 saturated carbocycles. The maximum Gasteiger partial charge on any atom is 0.187 e. The van der Waals surface area contributed by atoms with Gasteiger partial charge in [0.1, 0.15) is 146 Å². The van der Waals surface area contributed by atoms with Crippen LogP contribution in [0.25, 0.3) is 0 Å². The van der Waals surface area contributed by atoms with Crippen molar-refractivity contribution < 1.29 is 148 Å². The fraction of sp³-hybridized carbons (Fsp3) is 1.00. The van der Waals surface area contributed by atoms with Gasteiger partial charge in [-0.25, -0.2) is 0 Å². The van der Waals surface area contributed by atoms with Crippen LogP contribution < -0.4 is 5.73 Å². The predicted molar refractivity (Wildman–Crippen MR) is 222 cm³/mol. The van der Waals surface area contributed by atoms with Crippen LogP contribution in [0, 0.1) is 0 Å². The Labute approximate surface area is 410 Å². The lowest BCUT2D eigenvalue weighted by atomic mass is 9.94. The van der Waals surface area contributed by atoms with Crippen LogP contribution >= 0.6 is 0 Å². The number of nitrogens with two attached hydrogens (primary N) is 1. The van der Waals surface area contributed by atoms with Gasteiger partial charge in [0, 0.05) is 6.61 Å². The number of aliphatic hydroxyl groups excluding tert-OH is 17. The summed E-state index contributed by atoms with van der Waals surface area (Å²) in [5.74, 6) is 0. The van der Waals surface area contributed by atoms with E-state index in [0.717, 1.165) is 0 Å². The standard InChI is InChI=1S/C41H71NO30/c42-4-2-1-3-5-60-35-28(59)34-17(11-48)66-41(35)72-33-16(10-47)65-39(27(58)22(33)53)70-31-14(8-45)63-37(25(56)20(31)51)68-29-12(6-43)61-36(23(54)18(29)49)67-30-13(7-44)62-38(24(55)19(30)50)69-32-15(9-46)64-40(71-34)26(57)21(32)52/h12-41,43-59H,1-11,42H2/t12-,13-,14-,15-,16-,17-,18-,19-,20-,21-,22-,23-,24-,25-,26-,27-,28+,29-,30-,31-,32-,33-,34-,35-,36-,37-,38-,39-,40-,41-/m1/s1. The van der Waals surface area contributed by atoms with Crippen molar-refractivity contribution in [1.29, 1.82) is 0 Å². The first kappa shape index (κ1) is 58.4. The van der Waals surface area contributed by atoms with Gasteiger partial charge in [0.25, 0.3) is 0 Å². The normalized spacial score (nSPS) is 51.8. The van der Waals surface area contributed by atoms with E-state index in [1.165, 1.54) is 0 Å². The number of unbranched alkanes of at least 4 members (excludes halogenated alkanes) is 2. The molecule has 31 heteroatoms. The molecule has 16 heterocycles. The zero-order valence-electron chi connectivity index (χ0n) is 38.6. The fourth-order valence-electron chi connectivity index (χ4n) is 9.73. The molecule has 31 nitrogen and oxygen atoms in total. The van der Waals surface area contributed by atoms with E-state index in [2.05, 4.69) is 0 Å².